The summed E-state index contributed by atoms with van der Waals surface area (Å²) in [6, 6.07) is 12.4. The van der Waals surface area contributed by atoms with E-state index in [-0.39, 0.29) is 35.8 Å². The van der Waals surface area contributed by atoms with E-state index in [9.17, 15) is 37.1 Å². The third-order valence-electron chi connectivity index (χ3n) is 11.8. The predicted molar refractivity (Wildman–Crippen MR) is 259 cm³/mol. The largest absolute Gasteiger partial charge is 0.420 e. The van der Waals surface area contributed by atoms with Crippen molar-refractivity contribution >= 4 is 75.7 Å². The lowest BCUT2D eigenvalue weighted by atomic mass is 9.85. The first-order valence-electron chi connectivity index (χ1n) is 22.4. The molecular weight excluding hydrogens is 951 g/mol. The summed E-state index contributed by atoms with van der Waals surface area (Å²) in [6.45, 7) is 11.3. The summed E-state index contributed by atoms with van der Waals surface area (Å²) >= 11 is 7.05. The predicted octanol–water partition coefficient (Wildman–Crippen LogP) is 7.22. The summed E-state index contributed by atoms with van der Waals surface area (Å²) in [4.78, 5) is 79.6. The summed E-state index contributed by atoms with van der Waals surface area (Å²) < 4.78 is 62.1. The van der Waals surface area contributed by atoms with Crippen LogP contribution in [0.2, 0.25) is 0 Å². The Morgan fingerprint density at radius 3 is 2.40 bits per heavy atom. The van der Waals surface area contributed by atoms with E-state index in [4.69, 9.17) is 22.2 Å². The first kappa shape index (κ1) is 52.7. The summed E-state index contributed by atoms with van der Waals surface area (Å²) in [5.74, 6) is -4.10. The number of rotatable bonds is 17. The molecule has 0 spiro atoms. The van der Waals surface area contributed by atoms with Gasteiger partial charge in [0.2, 0.25) is 23.6 Å². The number of nitrogens with zero attached hydrogens (tertiary/aromatic N) is 6. The van der Waals surface area contributed by atoms with Crippen LogP contribution in [0.4, 0.5) is 28.9 Å². The van der Waals surface area contributed by atoms with Gasteiger partial charge in [-0.3, -0.25) is 33.9 Å². The number of halogens is 4. The number of hydrogen-bond donors (Lipinski definition) is 3. The molecule has 0 aliphatic carbocycles. The van der Waals surface area contributed by atoms with E-state index in [0.29, 0.717) is 55.9 Å². The number of nitriles is 1. The van der Waals surface area contributed by atoms with Crippen molar-refractivity contribution in [3.05, 3.63) is 100 Å². The van der Waals surface area contributed by atoms with Crippen LogP contribution in [0.15, 0.2) is 66.3 Å². The topological polar surface area (TPSA) is 190 Å². The second-order valence-electron chi connectivity index (χ2n) is 18.3. The van der Waals surface area contributed by atoms with Gasteiger partial charge in [0.05, 0.1) is 51.0 Å². The summed E-state index contributed by atoms with van der Waals surface area (Å²) in [7, 11) is 0. The number of alkyl halides is 3. The number of carbonyl (C=O) groups excluding carboxylic acids is 5. The van der Waals surface area contributed by atoms with Crippen LogP contribution in [0.25, 0.3) is 16.5 Å². The molecule has 3 N–H and O–H groups in total. The number of amides is 5. The molecule has 0 radical (unpaired) electrons. The Hall–Kier alpha value is -6.63. The van der Waals surface area contributed by atoms with Crippen molar-refractivity contribution in [2.45, 2.75) is 97.6 Å². The van der Waals surface area contributed by atoms with Crippen molar-refractivity contribution < 1.29 is 46.3 Å². The van der Waals surface area contributed by atoms with Crippen molar-refractivity contribution in [2.75, 3.05) is 36.1 Å². The molecule has 6 rings (SSSR count). The van der Waals surface area contributed by atoms with Crippen LogP contribution in [-0.2, 0) is 41.4 Å². The zero-order valence-corrected chi connectivity index (χ0v) is 41.0. The van der Waals surface area contributed by atoms with Crippen LogP contribution in [0, 0.1) is 29.5 Å². The lowest BCUT2D eigenvalue weighted by Gasteiger charge is -2.35. The minimum Gasteiger partial charge on any atom is -0.372 e. The van der Waals surface area contributed by atoms with Crippen molar-refractivity contribution in [3.8, 4) is 16.5 Å². The quantitative estimate of drug-likeness (QED) is 0.0419. The maximum absolute atomic E-state index is 15.4. The maximum Gasteiger partial charge on any atom is 0.420 e. The Bertz CT molecular complexity index is 2700. The van der Waals surface area contributed by atoms with Gasteiger partial charge in [0, 0.05) is 32.3 Å². The molecule has 0 saturated carbocycles. The Balaban J connectivity index is 0.915. The number of aryl methyl sites for hydroxylation is 1. The van der Waals surface area contributed by atoms with E-state index in [1.807, 2.05) is 57.5 Å². The third kappa shape index (κ3) is 12.0. The highest BCUT2D eigenvalue weighted by Crippen LogP contribution is 2.42. The molecule has 5 amide bonds. The Labute approximate surface area is 412 Å². The molecule has 1 unspecified atom stereocenters. The maximum atomic E-state index is 15.4. The fourth-order valence-corrected chi connectivity index (χ4v) is 9.41. The number of likely N-dealkylation sites (tertiary alicyclic amines) is 1. The fourth-order valence-electron chi connectivity index (χ4n) is 8.08. The smallest absolute Gasteiger partial charge is 0.372 e. The molecule has 370 valence electrons. The number of pyridine rings is 1. The summed E-state index contributed by atoms with van der Waals surface area (Å²) in [6.07, 6.45) is 1.04. The van der Waals surface area contributed by atoms with Crippen LogP contribution in [0.5, 0.6) is 0 Å². The van der Waals surface area contributed by atoms with E-state index >= 15 is 4.39 Å². The van der Waals surface area contributed by atoms with Gasteiger partial charge in [0.15, 0.2) is 10.9 Å². The molecule has 2 atom stereocenters. The second-order valence-corrected chi connectivity index (χ2v) is 19.5. The van der Waals surface area contributed by atoms with Gasteiger partial charge in [-0.2, -0.15) is 18.4 Å². The minimum atomic E-state index is -5.21. The molecule has 2 aromatic heterocycles. The number of carbonyl (C=O) groups is 5. The number of unbranched alkanes of at least 4 members (excludes halogenated alkanes) is 1. The van der Waals surface area contributed by atoms with Crippen LogP contribution in [-0.4, -0.2) is 93.4 Å². The third-order valence-corrected chi connectivity index (χ3v) is 13.1. The van der Waals surface area contributed by atoms with Gasteiger partial charge in [-0.15, -0.1) is 11.3 Å². The number of anilines is 2. The van der Waals surface area contributed by atoms with Gasteiger partial charge < -0.3 is 30.5 Å². The highest BCUT2D eigenvalue weighted by Gasteiger charge is 2.52. The van der Waals surface area contributed by atoms with E-state index in [0.717, 1.165) is 33.8 Å². The molecule has 2 aliphatic rings. The van der Waals surface area contributed by atoms with Gasteiger partial charge in [0.25, 0.3) is 5.91 Å². The van der Waals surface area contributed by atoms with Gasteiger partial charge >= 0.3 is 6.18 Å². The van der Waals surface area contributed by atoms with E-state index in [1.54, 1.807) is 16.2 Å². The standard InChI is InChI=1S/C49H53F4N9O6S2/c1-29-41(70-28-58-29)31-13-11-30(12-14-31)25-57-43(65)36-10-9-22-60(36)44(66)42(47(2,3)4)59-38(64)27-68-23-8-7-21-55-37(63)20-17-33-16-18-34(26-56-33)62-46(69)61(45(67)48(62,5)6)35-19-15-32(24-54)39(40(35)50)49(51,52)53/h11-20,26,28,36,42H,7-10,21-23,25,27H2,1-6H3,(H,55,63)(H,57,65)(H,59,64)/b20-17+/t36-,42?/m0/s1. The van der Waals surface area contributed by atoms with Gasteiger partial charge in [0.1, 0.15) is 29.8 Å². The molecule has 0 bridgehead atoms. The normalized spacial score (nSPS) is 16.4. The SMILES string of the molecule is Cc1ncsc1-c1ccc(CNC(=O)[C@@H]2CCCN2C(=O)C(NC(=O)COCCCCNC(=O)/C=C/c2ccc(N3C(=S)N(c4ccc(C#N)c(C(F)(F)F)c4F)C(=O)C3(C)C)cn2)C(C)(C)C)cc1. The number of nitrogens with one attached hydrogen (secondary N) is 3. The Morgan fingerprint density at radius 2 is 1.77 bits per heavy atom. The molecule has 4 aromatic rings. The van der Waals surface area contributed by atoms with Gasteiger partial charge in [-0.1, -0.05) is 45.0 Å². The lowest BCUT2D eigenvalue weighted by Crippen LogP contribution is -2.58. The minimum absolute atomic E-state index is 0.211. The van der Waals surface area contributed by atoms with Gasteiger partial charge in [-0.25, -0.2) is 9.37 Å². The van der Waals surface area contributed by atoms with Crippen LogP contribution < -0.4 is 25.8 Å². The Morgan fingerprint density at radius 1 is 1.04 bits per heavy atom. The number of thiocarbonyl (C=S) groups is 1. The highest BCUT2D eigenvalue weighted by atomic mass is 32.1. The lowest BCUT2D eigenvalue weighted by molar-refractivity contribution is -0.144. The molecule has 2 aliphatic heterocycles. The molecule has 21 heteroatoms. The van der Waals surface area contributed by atoms with Crippen molar-refractivity contribution in [2.24, 2.45) is 5.41 Å². The molecule has 70 heavy (non-hydrogen) atoms. The van der Waals surface area contributed by atoms with E-state index in [1.165, 1.54) is 55.3 Å². The summed E-state index contributed by atoms with van der Waals surface area (Å²) in [5, 5.41) is 17.4. The monoisotopic (exact) mass is 1000 g/mol. The second kappa shape index (κ2) is 22.0. The molecular formula is C49H53F4N9O6S2. The van der Waals surface area contributed by atoms with Gasteiger partial charge in [-0.05, 0) is 106 Å². The van der Waals surface area contributed by atoms with Crippen molar-refractivity contribution in [1.29, 1.82) is 5.26 Å². The van der Waals surface area contributed by atoms with Crippen LogP contribution in [0.1, 0.15) is 88.4 Å². The number of thiazole rings is 1. The summed E-state index contributed by atoms with van der Waals surface area (Å²) in [5.41, 5.74) is -0.269. The average molecular weight is 1000 g/mol. The van der Waals surface area contributed by atoms with E-state index < -0.39 is 69.6 Å². The van der Waals surface area contributed by atoms with Crippen LogP contribution in [0.3, 0.4) is 0 Å². The fraction of sp³-hybridized carbons (Fsp3) is 0.408. The van der Waals surface area contributed by atoms with Crippen LogP contribution >= 0.6 is 23.6 Å². The molecule has 2 saturated heterocycles. The molecule has 4 heterocycles. The number of benzene rings is 2. The molecule has 15 nitrogen and oxygen atoms in total. The van der Waals surface area contributed by atoms with Crippen molar-refractivity contribution in [3.63, 3.8) is 0 Å². The average Bonchev–Trinajstić information content (AvgIpc) is 4.02. The molecule has 2 fully saturated rings. The Kier molecular flexibility index (Phi) is 16.6. The van der Waals surface area contributed by atoms with E-state index in [2.05, 4.69) is 25.9 Å². The first-order valence-corrected chi connectivity index (χ1v) is 23.7. The zero-order chi connectivity index (χ0) is 51.1. The number of hydrogen-bond acceptors (Lipinski definition) is 11. The zero-order valence-electron chi connectivity index (χ0n) is 39.4. The first-order chi connectivity index (χ1) is 33.0. The number of aromatic nitrogens is 2. The van der Waals surface area contributed by atoms with Crippen molar-refractivity contribution in [1.82, 2.24) is 30.8 Å². The molecule has 2 aromatic carbocycles. The number of ether oxygens (including phenoxy) is 1. The highest BCUT2D eigenvalue weighted by molar-refractivity contribution is 7.81.